The van der Waals surface area contributed by atoms with E-state index < -0.39 is 18.2 Å². The van der Waals surface area contributed by atoms with Gasteiger partial charge in [-0.15, -0.1) is 13.2 Å². The van der Waals surface area contributed by atoms with Gasteiger partial charge in [0.05, 0.1) is 5.69 Å². The van der Waals surface area contributed by atoms with Crippen molar-refractivity contribution in [3.05, 3.63) is 66.0 Å². The first-order valence-corrected chi connectivity index (χ1v) is 8.81. The predicted octanol–water partition coefficient (Wildman–Crippen LogP) is 3.66. The largest absolute Gasteiger partial charge is 0.573 e. The van der Waals surface area contributed by atoms with E-state index >= 15 is 0 Å². The number of carbonyl (C=O) groups excluding carboxylic acids is 2. The predicted molar refractivity (Wildman–Crippen MR) is 104 cm³/mol. The molecule has 0 unspecified atom stereocenters. The summed E-state index contributed by atoms with van der Waals surface area (Å²) in [6.45, 7) is 4.00. The van der Waals surface area contributed by atoms with E-state index in [1.807, 2.05) is 13.8 Å². The van der Waals surface area contributed by atoms with E-state index in [1.165, 1.54) is 24.3 Å². The van der Waals surface area contributed by atoms with Crippen LogP contribution in [0, 0.1) is 0 Å². The number of primary amides is 2. The van der Waals surface area contributed by atoms with Gasteiger partial charge >= 0.3 is 6.36 Å². The van der Waals surface area contributed by atoms with Gasteiger partial charge < -0.3 is 16.2 Å². The lowest BCUT2D eigenvalue weighted by atomic mass is 10.0. The molecule has 0 saturated heterocycles. The van der Waals surface area contributed by atoms with Gasteiger partial charge in [-0.3, -0.25) is 9.59 Å². The number of benzene rings is 2. The number of halogens is 3. The second-order valence-electron chi connectivity index (χ2n) is 5.65. The molecule has 0 fully saturated rings. The molecule has 1 aromatic heterocycles. The number of hydrogen-bond acceptors (Lipinski definition) is 4. The van der Waals surface area contributed by atoms with Crippen LogP contribution in [0.4, 0.5) is 13.2 Å². The number of para-hydroxylation sites is 1. The number of aromatic nitrogens is 2. The van der Waals surface area contributed by atoms with Crippen LogP contribution in [0.15, 0.2) is 54.6 Å². The monoisotopic (exact) mass is 420 g/mol. The molecule has 0 aliphatic carbocycles. The maximum absolute atomic E-state index is 12.7. The Hall–Kier alpha value is -3.82. The molecule has 158 valence electrons. The third-order valence-corrected chi connectivity index (χ3v) is 3.73. The van der Waals surface area contributed by atoms with Crippen molar-refractivity contribution in [3.63, 3.8) is 0 Å². The van der Waals surface area contributed by atoms with Gasteiger partial charge in [0.25, 0.3) is 11.8 Å². The summed E-state index contributed by atoms with van der Waals surface area (Å²) in [7, 11) is 0. The summed E-state index contributed by atoms with van der Waals surface area (Å²) >= 11 is 0. The van der Waals surface area contributed by atoms with Crippen LogP contribution < -0.4 is 16.2 Å². The lowest BCUT2D eigenvalue weighted by Gasteiger charge is -2.14. The van der Waals surface area contributed by atoms with Crippen molar-refractivity contribution in [2.45, 2.75) is 20.2 Å². The first kappa shape index (κ1) is 22.5. The maximum Gasteiger partial charge on any atom is 0.573 e. The van der Waals surface area contributed by atoms with Gasteiger partial charge in [0, 0.05) is 11.6 Å². The summed E-state index contributed by atoms with van der Waals surface area (Å²) in [4.78, 5) is 23.0. The Bertz CT molecular complexity index is 1060. The Labute approximate surface area is 170 Å². The smallest absolute Gasteiger partial charge is 0.405 e. The standard InChI is InChI=1S/C18H13F3N4O3.C2H6/c19-18(20,21)28-15-7-2-1-6-12(15)10-4-3-5-11(8-10)25-14(17(23)27)9-13(24-25)16(22)26;1-2/h1-9H,(H2,22,26)(H2,23,27);1-2H3. The van der Waals surface area contributed by atoms with E-state index in [-0.39, 0.29) is 22.7 Å². The average Bonchev–Trinajstić information content (AvgIpc) is 3.15. The Morgan fingerprint density at radius 1 is 0.967 bits per heavy atom. The molecule has 10 heteroatoms. The summed E-state index contributed by atoms with van der Waals surface area (Å²) in [6.07, 6.45) is -4.86. The molecule has 0 spiro atoms. The zero-order valence-electron chi connectivity index (χ0n) is 16.1. The van der Waals surface area contributed by atoms with Crippen molar-refractivity contribution >= 4 is 11.8 Å². The van der Waals surface area contributed by atoms with E-state index in [0.717, 1.165) is 10.7 Å². The molecule has 0 radical (unpaired) electrons. The fourth-order valence-electron chi connectivity index (χ4n) is 2.60. The van der Waals surface area contributed by atoms with Crippen molar-refractivity contribution in [3.8, 4) is 22.6 Å². The van der Waals surface area contributed by atoms with Gasteiger partial charge in [-0.05, 0) is 23.8 Å². The maximum atomic E-state index is 12.7. The zero-order chi connectivity index (χ0) is 22.5. The Morgan fingerprint density at radius 2 is 1.63 bits per heavy atom. The van der Waals surface area contributed by atoms with Gasteiger partial charge in [-0.2, -0.15) is 5.10 Å². The van der Waals surface area contributed by atoms with Crippen LogP contribution in [-0.4, -0.2) is 28.0 Å². The Kier molecular flexibility index (Phi) is 6.83. The highest BCUT2D eigenvalue weighted by molar-refractivity contribution is 5.97. The number of carbonyl (C=O) groups is 2. The van der Waals surface area contributed by atoms with Crippen molar-refractivity contribution in [2.24, 2.45) is 11.5 Å². The highest BCUT2D eigenvalue weighted by Crippen LogP contribution is 2.34. The molecule has 2 aromatic carbocycles. The van der Waals surface area contributed by atoms with Crippen LogP contribution in [-0.2, 0) is 0 Å². The van der Waals surface area contributed by atoms with E-state index in [2.05, 4.69) is 9.84 Å². The SMILES string of the molecule is CC.NC(=O)c1cc(C(N)=O)n(-c2cccc(-c3ccccc3OC(F)(F)F)c2)n1. The minimum absolute atomic E-state index is 0.106. The summed E-state index contributed by atoms with van der Waals surface area (Å²) in [5, 5.41) is 3.95. The van der Waals surface area contributed by atoms with Gasteiger partial charge in [0.2, 0.25) is 0 Å². The second-order valence-corrected chi connectivity index (χ2v) is 5.65. The van der Waals surface area contributed by atoms with E-state index in [0.29, 0.717) is 11.3 Å². The highest BCUT2D eigenvalue weighted by Gasteiger charge is 2.32. The number of rotatable bonds is 5. The molecule has 2 amide bonds. The van der Waals surface area contributed by atoms with Crippen LogP contribution >= 0.6 is 0 Å². The third-order valence-electron chi connectivity index (χ3n) is 3.73. The molecule has 7 nitrogen and oxygen atoms in total. The van der Waals surface area contributed by atoms with E-state index in [4.69, 9.17) is 11.5 Å². The van der Waals surface area contributed by atoms with Crippen molar-refractivity contribution in [1.82, 2.24) is 9.78 Å². The number of ether oxygens (including phenoxy) is 1. The molecule has 3 aromatic rings. The number of nitrogens with zero attached hydrogens (tertiary/aromatic N) is 2. The fraction of sp³-hybridized carbons (Fsp3) is 0.150. The molecule has 0 aliphatic heterocycles. The van der Waals surface area contributed by atoms with Crippen LogP contribution in [0.3, 0.4) is 0 Å². The molecule has 0 aliphatic rings. The van der Waals surface area contributed by atoms with Crippen LogP contribution in [0.1, 0.15) is 34.8 Å². The summed E-state index contributed by atoms with van der Waals surface area (Å²) < 4.78 is 43.2. The normalized spacial score (nSPS) is 10.7. The Balaban J connectivity index is 0.00000155. The highest BCUT2D eigenvalue weighted by atomic mass is 19.4. The molecule has 30 heavy (non-hydrogen) atoms. The molecule has 1 heterocycles. The molecular formula is C20H19F3N4O3. The lowest BCUT2D eigenvalue weighted by molar-refractivity contribution is -0.274. The first-order chi connectivity index (χ1) is 14.2. The molecule has 0 bridgehead atoms. The number of nitrogens with two attached hydrogens (primary N) is 2. The van der Waals surface area contributed by atoms with Gasteiger partial charge in [0.15, 0.2) is 5.69 Å². The van der Waals surface area contributed by atoms with Crippen molar-refractivity contribution in [1.29, 1.82) is 0 Å². The topological polar surface area (TPSA) is 113 Å². The first-order valence-electron chi connectivity index (χ1n) is 8.81. The van der Waals surface area contributed by atoms with Crippen LogP contribution in [0.2, 0.25) is 0 Å². The third kappa shape index (κ3) is 5.16. The Morgan fingerprint density at radius 3 is 2.23 bits per heavy atom. The minimum Gasteiger partial charge on any atom is -0.405 e. The number of alkyl halides is 3. The van der Waals surface area contributed by atoms with E-state index in [1.54, 1.807) is 24.3 Å². The molecule has 4 N–H and O–H groups in total. The van der Waals surface area contributed by atoms with Gasteiger partial charge in [-0.1, -0.05) is 44.2 Å². The fourth-order valence-corrected chi connectivity index (χ4v) is 2.60. The van der Waals surface area contributed by atoms with E-state index in [9.17, 15) is 22.8 Å². The molecule has 3 rings (SSSR count). The van der Waals surface area contributed by atoms with Crippen molar-refractivity contribution < 1.29 is 27.5 Å². The summed E-state index contributed by atoms with van der Waals surface area (Å²) in [5.41, 5.74) is 11.0. The zero-order valence-corrected chi connectivity index (χ0v) is 16.1. The number of amides is 2. The lowest BCUT2D eigenvalue weighted by Crippen LogP contribution is -2.17. The van der Waals surface area contributed by atoms with Crippen LogP contribution in [0.5, 0.6) is 5.75 Å². The van der Waals surface area contributed by atoms with Gasteiger partial charge in [0.1, 0.15) is 11.4 Å². The van der Waals surface area contributed by atoms with Crippen molar-refractivity contribution in [2.75, 3.05) is 0 Å². The minimum atomic E-state index is -4.86. The summed E-state index contributed by atoms with van der Waals surface area (Å²) in [6, 6.07) is 12.9. The van der Waals surface area contributed by atoms with Gasteiger partial charge in [-0.25, -0.2) is 4.68 Å². The molecular weight excluding hydrogens is 401 g/mol. The van der Waals surface area contributed by atoms with Crippen LogP contribution in [0.25, 0.3) is 16.8 Å². The molecule has 0 atom stereocenters. The molecule has 0 saturated carbocycles. The second kappa shape index (κ2) is 9.12. The summed E-state index contributed by atoms with van der Waals surface area (Å²) in [5.74, 6) is -2.10. The number of hydrogen-bond donors (Lipinski definition) is 2. The quantitative estimate of drug-likeness (QED) is 0.656. The average molecular weight is 420 g/mol.